The van der Waals surface area contributed by atoms with Gasteiger partial charge in [-0.3, -0.25) is 9.59 Å². The quantitative estimate of drug-likeness (QED) is 0.887. The summed E-state index contributed by atoms with van der Waals surface area (Å²) in [6.07, 6.45) is 6.05. The fourth-order valence-corrected chi connectivity index (χ4v) is 4.48. The average molecular weight is 380 g/mol. The molecule has 1 N–H and O–H groups in total. The molecule has 2 aliphatic heterocycles. The first-order valence-electron chi connectivity index (χ1n) is 10.2. The summed E-state index contributed by atoms with van der Waals surface area (Å²) in [7, 11) is 0. The molecule has 0 atom stereocenters. The van der Waals surface area contributed by atoms with Gasteiger partial charge in [0.05, 0.1) is 0 Å². The summed E-state index contributed by atoms with van der Waals surface area (Å²) >= 11 is 0. The van der Waals surface area contributed by atoms with E-state index in [0.29, 0.717) is 12.2 Å². The third kappa shape index (κ3) is 3.96. The van der Waals surface area contributed by atoms with Gasteiger partial charge in [-0.2, -0.15) is 0 Å². The standard InChI is InChI=1S/C22H28N4O2/c1-17-15-23-20(24-17)21(28)25-13-10-22(11-14-25)9-7-19(27)26(16-22)12-8-18-5-3-2-4-6-18/h2-6,15H,7-14,16H2,1H3,(H,23,24). The highest BCUT2D eigenvalue weighted by molar-refractivity contribution is 5.90. The van der Waals surface area contributed by atoms with Crippen molar-refractivity contribution in [3.05, 3.63) is 53.6 Å². The van der Waals surface area contributed by atoms with Crippen molar-refractivity contribution < 1.29 is 9.59 Å². The average Bonchev–Trinajstić information content (AvgIpc) is 3.16. The summed E-state index contributed by atoms with van der Waals surface area (Å²) in [6.45, 7) is 4.97. The fraction of sp³-hybridized carbons (Fsp3) is 0.500. The van der Waals surface area contributed by atoms with Crippen LogP contribution in [-0.4, -0.2) is 57.8 Å². The number of H-pyrrole nitrogens is 1. The lowest BCUT2D eigenvalue weighted by Crippen LogP contribution is -2.52. The molecule has 148 valence electrons. The van der Waals surface area contributed by atoms with E-state index in [4.69, 9.17) is 0 Å². The van der Waals surface area contributed by atoms with E-state index in [0.717, 1.165) is 57.6 Å². The number of benzene rings is 1. The molecule has 3 heterocycles. The molecule has 2 amide bonds. The first kappa shape index (κ1) is 18.7. The van der Waals surface area contributed by atoms with E-state index >= 15 is 0 Å². The first-order chi connectivity index (χ1) is 13.5. The summed E-state index contributed by atoms with van der Waals surface area (Å²) < 4.78 is 0. The van der Waals surface area contributed by atoms with Crippen molar-refractivity contribution in [2.75, 3.05) is 26.2 Å². The molecular weight excluding hydrogens is 352 g/mol. The van der Waals surface area contributed by atoms with Crippen molar-refractivity contribution in [1.82, 2.24) is 19.8 Å². The lowest BCUT2D eigenvalue weighted by atomic mass is 9.72. The maximum Gasteiger partial charge on any atom is 0.289 e. The van der Waals surface area contributed by atoms with Crippen molar-refractivity contribution in [3.8, 4) is 0 Å². The van der Waals surface area contributed by atoms with Crippen molar-refractivity contribution in [2.24, 2.45) is 5.41 Å². The Morgan fingerprint density at radius 2 is 1.93 bits per heavy atom. The fourth-order valence-electron chi connectivity index (χ4n) is 4.48. The third-order valence-corrected chi connectivity index (χ3v) is 6.28. The lowest BCUT2D eigenvalue weighted by molar-refractivity contribution is -0.138. The predicted octanol–water partition coefficient (Wildman–Crippen LogP) is 2.81. The van der Waals surface area contributed by atoms with E-state index < -0.39 is 0 Å². The summed E-state index contributed by atoms with van der Waals surface area (Å²) in [5.74, 6) is 0.679. The zero-order valence-corrected chi connectivity index (χ0v) is 16.5. The van der Waals surface area contributed by atoms with Crippen LogP contribution in [0.2, 0.25) is 0 Å². The number of imidazole rings is 1. The second-order valence-electron chi connectivity index (χ2n) is 8.26. The molecule has 0 aliphatic carbocycles. The van der Waals surface area contributed by atoms with Gasteiger partial charge >= 0.3 is 0 Å². The van der Waals surface area contributed by atoms with Crippen LogP contribution in [0.3, 0.4) is 0 Å². The van der Waals surface area contributed by atoms with E-state index in [2.05, 4.69) is 22.1 Å². The van der Waals surface area contributed by atoms with Gasteiger partial charge in [-0.15, -0.1) is 0 Å². The van der Waals surface area contributed by atoms with Gasteiger partial charge in [0.1, 0.15) is 0 Å². The molecule has 0 unspecified atom stereocenters. The predicted molar refractivity (Wildman–Crippen MR) is 107 cm³/mol. The molecule has 1 aromatic heterocycles. The van der Waals surface area contributed by atoms with Crippen molar-refractivity contribution in [2.45, 2.75) is 39.0 Å². The Morgan fingerprint density at radius 3 is 2.61 bits per heavy atom. The number of hydrogen-bond acceptors (Lipinski definition) is 3. The van der Waals surface area contributed by atoms with Crippen molar-refractivity contribution in [1.29, 1.82) is 0 Å². The highest BCUT2D eigenvalue weighted by Gasteiger charge is 2.41. The molecule has 2 aliphatic rings. The second kappa shape index (κ2) is 7.78. The minimum absolute atomic E-state index is 0.0178. The van der Waals surface area contributed by atoms with Crippen LogP contribution in [0, 0.1) is 12.3 Å². The molecule has 4 rings (SSSR count). The number of carbonyl (C=O) groups is 2. The molecule has 1 spiro atoms. The van der Waals surface area contributed by atoms with Crippen molar-refractivity contribution in [3.63, 3.8) is 0 Å². The summed E-state index contributed by atoms with van der Waals surface area (Å²) in [6, 6.07) is 10.3. The highest BCUT2D eigenvalue weighted by atomic mass is 16.2. The Hall–Kier alpha value is -2.63. The van der Waals surface area contributed by atoms with E-state index in [-0.39, 0.29) is 17.2 Å². The Kier molecular flexibility index (Phi) is 5.20. The topological polar surface area (TPSA) is 69.3 Å². The largest absolute Gasteiger partial charge is 0.342 e. The molecule has 2 saturated heterocycles. The van der Waals surface area contributed by atoms with Gasteiger partial charge in [-0.25, -0.2) is 4.98 Å². The Balaban J connectivity index is 1.35. The van der Waals surface area contributed by atoms with Crippen LogP contribution >= 0.6 is 0 Å². The smallest absolute Gasteiger partial charge is 0.289 e. The number of piperidine rings is 2. The number of rotatable bonds is 4. The van der Waals surface area contributed by atoms with Crippen LogP contribution < -0.4 is 0 Å². The van der Waals surface area contributed by atoms with Gasteiger partial charge in [0.15, 0.2) is 5.82 Å². The van der Waals surface area contributed by atoms with E-state index in [1.54, 1.807) is 6.20 Å². The number of nitrogens with one attached hydrogen (secondary N) is 1. The molecule has 2 fully saturated rings. The molecule has 6 nitrogen and oxygen atoms in total. The molecule has 0 radical (unpaired) electrons. The van der Waals surface area contributed by atoms with Crippen LogP contribution in [0.25, 0.3) is 0 Å². The Labute approximate surface area is 165 Å². The number of aromatic nitrogens is 2. The maximum absolute atomic E-state index is 12.6. The number of carbonyl (C=O) groups excluding carboxylic acids is 2. The maximum atomic E-state index is 12.6. The van der Waals surface area contributed by atoms with Crippen LogP contribution in [0.15, 0.2) is 36.5 Å². The Morgan fingerprint density at radius 1 is 1.18 bits per heavy atom. The van der Waals surface area contributed by atoms with Gasteiger partial charge < -0.3 is 14.8 Å². The third-order valence-electron chi connectivity index (χ3n) is 6.28. The number of nitrogens with zero attached hydrogens (tertiary/aromatic N) is 3. The highest BCUT2D eigenvalue weighted by Crippen LogP contribution is 2.40. The van der Waals surface area contributed by atoms with Crippen LogP contribution in [0.4, 0.5) is 0 Å². The summed E-state index contributed by atoms with van der Waals surface area (Å²) in [5.41, 5.74) is 2.32. The Bertz CT molecular complexity index is 837. The molecule has 2 aromatic rings. The zero-order valence-electron chi connectivity index (χ0n) is 16.5. The number of aromatic amines is 1. The van der Waals surface area contributed by atoms with E-state index in [1.807, 2.05) is 34.9 Å². The molecule has 6 heteroatoms. The number of aryl methyl sites for hydroxylation is 1. The van der Waals surface area contributed by atoms with Crippen LogP contribution in [0.5, 0.6) is 0 Å². The molecule has 0 bridgehead atoms. The van der Waals surface area contributed by atoms with Crippen LogP contribution in [-0.2, 0) is 11.2 Å². The molecule has 1 aromatic carbocycles. The first-order valence-corrected chi connectivity index (χ1v) is 10.2. The monoisotopic (exact) mass is 380 g/mol. The summed E-state index contributed by atoms with van der Waals surface area (Å²) in [4.78, 5) is 36.2. The van der Waals surface area contributed by atoms with Gasteiger partial charge in [0.25, 0.3) is 5.91 Å². The minimum atomic E-state index is -0.0178. The SMILES string of the molecule is Cc1cnc(C(=O)N2CCC3(CCC(=O)N(CCc4ccccc4)C3)CC2)[nH]1. The lowest BCUT2D eigenvalue weighted by Gasteiger charge is -2.47. The van der Waals surface area contributed by atoms with Gasteiger partial charge in [-0.1, -0.05) is 30.3 Å². The zero-order chi connectivity index (χ0) is 19.6. The molecule has 28 heavy (non-hydrogen) atoms. The molecule has 0 saturated carbocycles. The van der Waals surface area contributed by atoms with E-state index in [9.17, 15) is 9.59 Å². The van der Waals surface area contributed by atoms with Crippen LogP contribution in [0.1, 0.15) is 47.6 Å². The number of amides is 2. The molecular formula is C22H28N4O2. The normalized spacial score (nSPS) is 19.2. The number of hydrogen-bond donors (Lipinski definition) is 1. The number of likely N-dealkylation sites (tertiary alicyclic amines) is 2. The van der Waals surface area contributed by atoms with Gasteiger partial charge in [0, 0.05) is 44.5 Å². The summed E-state index contributed by atoms with van der Waals surface area (Å²) in [5, 5.41) is 0. The minimum Gasteiger partial charge on any atom is -0.342 e. The second-order valence-corrected chi connectivity index (χ2v) is 8.26. The van der Waals surface area contributed by atoms with Crippen molar-refractivity contribution >= 4 is 11.8 Å². The van der Waals surface area contributed by atoms with Gasteiger partial charge in [0.2, 0.25) is 5.91 Å². The van der Waals surface area contributed by atoms with Gasteiger partial charge in [-0.05, 0) is 43.6 Å². The van der Waals surface area contributed by atoms with E-state index in [1.165, 1.54) is 5.56 Å².